The largest absolute Gasteiger partial charge is 0.469 e. The number of hydrogen-bond donors (Lipinski definition) is 2. The van der Waals surface area contributed by atoms with Crippen molar-refractivity contribution in [3.63, 3.8) is 0 Å². The van der Waals surface area contributed by atoms with E-state index in [9.17, 15) is 4.57 Å². The minimum absolute atomic E-state index is 0.0395. The lowest BCUT2D eigenvalue weighted by Crippen LogP contribution is -2.04. The quantitative estimate of drug-likeness (QED) is 0.419. The molecule has 0 aromatic rings. The molecule has 0 heterocycles. The molecular weight excluding hydrogens is 271 g/mol. The highest BCUT2D eigenvalue weighted by Gasteiger charge is 2.18. The van der Waals surface area contributed by atoms with E-state index in [2.05, 4.69) is 4.52 Å². The average molecular weight is 282 g/mol. The predicted octanol–water partition coefficient (Wildman–Crippen LogP) is 2.44. The molecule has 0 atom stereocenters. The van der Waals surface area contributed by atoms with Gasteiger partial charge in [0.05, 0.1) is 11.2 Å². The van der Waals surface area contributed by atoms with Gasteiger partial charge >= 0.3 is 7.82 Å². The SMILES string of the molecule is CSSC(COP(=O)(O)O)SSC. The van der Waals surface area contributed by atoms with Gasteiger partial charge in [-0.25, -0.2) is 4.57 Å². The average Bonchev–Trinajstić information content (AvgIpc) is 2.00. The van der Waals surface area contributed by atoms with Crippen molar-refractivity contribution in [2.45, 2.75) is 4.58 Å². The molecule has 80 valence electrons. The van der Waals surface area contributed by atoms with Gasteiger partial charge in [0, 0.05) is 0 Å². The third-order valence-corrected chi connectivity index (χ3v) is 6.21. The molecule has 0 aliphatic heterocycles. The van der Waals surface area contributed by atoms with Crippen LogP contribution in [0.3, 0.4) is 0 Å². The normalized spacial score (nSPS) is 12.4. The summed E-state index contributed by atoms with van der Waals surface area (Å²) in [6.45, 7) is 0.0568. The Hall–Kier alpha value is 1.51. The van der Waals surface area contributed by atoms with Crippen molar-refractivity contribution in [3.05, 3.63) is 0 Å². The van der Waals surface area contributed by atoms with Crippen LogP contribution in [-0.4, -0.2) is 33.5 Å². The molecule has 2 N–H and O–H groups in total. The van der Waals surface area contributed by atoms with Crippen LogP contribution in [0.1, 0.15) is 0 Å². The van der Waals surface area contributed by atoms with Gasteiger partial charge in [-0.1, -0.05) is 43.2 Å². The lowest BCUT2D eigenvalue weighted by atomic mass is 10.9. The van der Waals surface area contributed by atoms with Crippen molar-refractivity contribution in [2.24, 2.45) is 0 Å². The van der Waals surface area contributed by atoms with Gasteiger partial charge in [-0.3, -0.25) is 4.52 Å². The van der Waals surface area contributed by atoms with E-state index in [1.54, 1.807) is 21.6 Å². The van der Waals surface area contributed by atoms with Crippen LogP contribution in [0.5, 0.6) is 0 Å². The van der Waals surface area contributed by atoms with Gasteiger partial charge in [0.2, 0.25) is 0 Å². The third-order valence-electron chi connectivity index (χ3n) is 0.786. The molecule has 0 saturated carbocycles. The highest BCUT2D eigenvalue weighted by molar-refractivity contribution is 8.85. The molecule has 0 aromatic heterocycles. The van der Waals surface area contributed by atoms with Crippen molar-refractivity contribution >= 4 is 51.0 Å². The van der Waals surface area contributed by atoms with Crippen LogP contribution in [0.15, 0.2) is 0 Å². The smallest absolute Gasteiger partial charge is 0.303 e. The summed E-state index contributed by atoms with van der Waals surface area (Å²) in [5.74, 6) is 0. The molecule has 0 aromatic carbocycles. The van der Waals surface area contributed by atoms with Crippen LogP contribution < -0.4 is 0 Å². The molecule has 0 radical (unpaired) electrons. The highest BCUT2D eigenvalue weighted by atomic mass is 33.1. The van der Waals surface area contributed by atoms with Gasteiger partial charge in [-0.2, -0.15) is 0 Å². The first-order valence-corrected chi connectivity index (χ1v) is 9.86. The summed E-state index contributed by atoms with van der Waals surface area (Å²) in [6.07, 6.45) is 3.83. The summed E-state index contributed by atoms with van der Waals surface area (Å²) in [6, 6.07) is 0. The van der Waals surface area contributed by atoms with E-state index in [0.29, 0.717) is 0 Å². The van der Waals surface area contributed by atoms with Crippen LogP contribution in [-0.2, 0) is 9.09 Å². The molecule has 4 nitrogen and oxygen atoms in total. The molecule has 13 heavy (non-hydrogen) atoms. The standard InChI is InChI=1S/C4H11O4PS4/c1-10-12-4(13-11-2)3-8-9(5,6)7/h4H,3H2,1-2H3,(H2,5,6,7). The molecule has 0 spiro atoms. The number of rotatable bonds is 7. The topological polar surface area (TPSA) is 66.8 Å². The fourth-order valence-electron chi connectivity index (χ4n) is 0.444. The third kappa shape index (κ3) is 9.81. The van der Waals surface area contributed by atoms with Gasteiger partial charge in [0.1, 0.15) is 0 Å². The number of phosphoric acid groups is 1. The van der Waals surface area contributed by atoms with E-state index in [4.69, 9.17) is 9.79 Å². The molecule has 0 unspecified atom stereocenters. The number of hydrogen-bond acceptors (Lipinski definition) is 6. The monoisotopic (exact) mass is 282 g/mol. The van der Waals surface area contributed by atoms with Crippen molar-refractivity contribution in [1.29, 1.82) is 0 Å². The van der Waals surface area contributed by atoms with Crippen LogP contribution in [0.4, 0.5) is 0 Å². The summed E-state index contributed by atoms with van der Waals surface area (Å²) >= 11 is 0. The van der Waals surface area contributed by atoms with Crippen LogP contribution >= 0.6 is 51.0 Å². The molecule has 0 rings (SSSR count). The Morgan fingerprint density at radius 3 is 2.08 bits per heavy atom. The molecule has 0 fully saturated rings. The zero-order valence-electron chi connectivity index (χ0n) is 7.08. The van der Waals surface area contributed by atoms with Crippen molar-refractivity contribution in [2.75, 3.05) is 19.1 Å². The van der Waals surface area contributed by atoms with Gasteiger partial charge in [-0.05, 0) is 12.5 Å². The second kappa shape index (κ2) is 7.76. The van der Waals surface area contributed by atoms with E-state index < -0.39 is 7.82 Å². The van der Waals surface area contributed by atoms with E-state index >= 15 is 0 Å². The second-order valence-corrected chi connectivity index (χ2v) is 8.62. The Kier molecular flexibility index (Phi) is 8.66. The van der Waals surface area contributed by atoms with Crippen LogP contribution in [0.25, 0.3) is 0 Å². The van der Waals surface area contributed by atoms with Gasteiger partial charge in [-0.15, -0.1) is 0 Å². The van der Waals surface area contributed by atoms with Crippen LogP contribution in [0, 0.1) is 0 Å². The maximum Gasteiger partial charge on any atom is 0.469 e. The molecule has 9 heteroatoms. The Morgan fingerprint density at radius 2 is 1.77 bits per heavy atom. The van der Waals surface area contributed by atoms with Gasteiger partial charge < -0.3 is 9.79 Å². The fraction of sp³-hybridized carbons (Fsp3) is 1.00. The zero-order valence-corrected chi connectivity index (χ0v) is 11.2. The molecular formula is C4H11O4PS4. The van der Waals surface area contributed by atoms with E-state index in [1.807, 2.05) is 12.5 Å². The van der Waals surface area contributed by atoms with E-state index in [-0.39, 0.29) is 11.2 Å². The first kappa shape index (κ1) is 14.5. The second-order valence-electron chi connectivity index (χ2n) is 1.74. The van der Waals surface area contributed by atoms with Crippen molar-refractivity contribution < 1.29 is 18.9 Å². The van der Waals surface area contributed by atoms with Gasteiger partial charge in [0.15, 0.2) is 0 Å². The predicted molar refractivity (Wildman–Crippen MR) is 64.0 cm³/mol. The molecule has 0 amide bonds. The van der Waals surface area contributed by atoms with Gasteiger partial charge in [0.25, 0.3) is 0 Å². The summed E-state index contributed by atoms with van der Waals surface area (Å²) in [4.78, 5) is 16.9. The maximum absolute atomic E-state index is 10.4. The molecule has 0 aliphatic rings. The molecule has 0 saturated heterocycles. The summed E-state index contributed by atoms with van der Waals surface area (Å²) in [5.41, 5.74) is 0. The number of phosphoric ester groups is 1. The van der Waals surface area contributed by atoms with Crippen LogP contribution in [0.2, 0.25) is 0 Å². The summed E-state index contributed by atoms with van der Waals surface area (Å²) < 4.78 is 14.8. The fourth-order valence-corrected chi connectivity index (χ4v) is 5.98. The minimum atomic E-state index is -4.31. The summed E-state index contributed by atoms with van der Waals surface area (Å²) in [7, 11) is 1.85. The Labute approximate surface area is 93.4 Å². The van der Waals surface area contributed by atoms with Crippen molar-refractivity contribution in [3.8, 4) is 0 Å². The first-order valence-electron chi connectivity index (χ1n) is 3.08. The lowest BCUT2D eigenvalue weighted by Gasteiger charge is -2.13. The Bertz CT molecular complexity index is 168. The Balaban J connectivity index is 3.74. The summed E-state index contributed by atoms with van der Waals surface area (Å²) in [5, 5.41) is 0. The molecule has 0 bridgehead atoms. The minimum Gasteiger partial charge on any atom is -0.303 e. The van der Waals surface area contributed by atoms with E-state index in [1.165, 1.54) is 21.6 Å². The lowest BCUT2D eigenvalue weighted by molar-refractivity contribution is 0.205. The Morgan fingerprint density at radius 1 is 1.31 bits per heavy atom. The highest BCUT2D eigenvalue weighted by Crippen LogP contribution is 2.42. The zero-order chi connectivity index (χ0) is 10.3. The van der Waals surface area contributed by atoms with Crippen molar-refractivity contribution in [1.82, 2.24) is 0 Å². The first-order chi connectivity index (χ1) is 5.99. The van der Waals surface area contributed by atoms with E-state index in [0.717, 1.165) is 0 Å². The molecule has 0 aliphatic carbocycles. The maximum atomic E-state index is 10.4.